The Hall–Kier alpha value is -0.700. The SMILES string of the molecule is Cc1cc(-c2cc(Cl)sc2Cl)ccc1N. The van der Waals surface area contributed by atoms with E-state index in [1.165, 1.54) is 11.3 Å². The second kappa shape index (κ2) is 4.05. The fourth-order valence-electron chi connectivity index (χ4n) is 1.38. The lowest BCUT2D eigenvalue weighted by Crippen LogP contribution is -1.88. The molecular weight excluding hydrogens is 249 g/mol. The third-order valence-corrected chi connectivity index (χ3v) is 3.73. The number of anilines is 1. The lowest BCUT2D eigenvalue weighted by Gasteiger charge is -2.03. The molecule has 0 unspecified atom stereocenters. The van der Waals surface area contributed by atoms with Gasteiger partial charge in [-0.25, -0.2) is 0 Å². The minimum atomic E-state index is 0.699. The predicted octanol–water partition coefficient (Wildman–Crippen LogP) is 4.61. The second-order valence-corrected chi connectivity index (χ2v) is 5.59. The van der Waals surface area contributed by atoms with Crippen molar-refractivity contribution in [1.82, 2.24) is 0 Å². The van der Waals surface area contributed by atoms with Crippen LogP contribution in [0.15, 0.2) is 24.3 Å². The maximum Gasteiger partial charge on any atom is 0.102 e. The highest BCUT2D eigenvalue weighted by Crippen LogP contribution is 2.38. The smallest absolute Gasteiger partial charge is 0.102 e. The maximum absolute atomic E-state index is 6.07. The van der Waals surface area contributed by atoms with E-state index in [9.17, 15) is 0 Å². The van der Waals surface area contributed by atoms with Gasteiger partial charge in [0.25, 0.3) is 0 Å². The first-order chi connectivity index (χ1) is 7.08. The van der Waals surface area contributed by atoms with Crippen molar-refractivity contribution < 1.29 is 0 Å². The first kappa shape index (κ1) is 10.8. The molecule has 0 saturated carbocycles. The normalized spacial score (nSPS) is 10.6. The zero-order chi connectivity index (χ0) is 11.0. The zero-order valence-corrected chi connectivity index (χ0v) is 10.4. The molecule has 1 aromatic heterocycles. The highest BCUT2D eigenvalue weighted by molar-refractivity contribution is 7.20. The molecule has 0 aliphatic rings. The van der Waals surface area contributed by atoms with Crippen molar-refractivity contribution in [3.05, 3.63) is 38.5 Å². The van der Waals surface area contributed by atoms with Crippen molar-refractivity contribution in [3.63, 3.8) is 0 Å². The summed E-state index contributed by atoms with van der Waals surface area (Å²) in [6, 6.07) is 7.72. The van der Waals surface area contributed by atoms with E-state index in [4.69, 9.17) is 28.9 Å². The van der Waals surface area contributed by atoms with E-state index in [-0.39, 0.29) is 0 Å². The molecule has 0 atom stereocenters. The highest BCUT2D eigenvalue weighted by Gasteiger charge is 2.08. The van der Waals surface area contributed by atoms with Crippen LogP contribution in [-0.2, 0) is 0 Å². The van der Waals surface area contributed by atoms with Crippen LogP contribution in [-0.4, -0.2) is 0 Å². The van der Waals surface area contributed by atoms with Gasteiger partial charge in [-0.3, -0.25) is 0 Å². The molecule has 1 aromatic carbocycles. The molecular formula is C11H9Cl2NS. The molecule has 78 valence electrons. The van der Waals surface area contributed by atoms with Gasteiger partial charge in [0.2, 0.25) is 0 Å². The van der Waals surface area contributed by atoms with Gasteiger partial charge in [0.15, 0.2) is 0 Å². The van der Waals surface area contributed by atoms with Crippen LogP contribution in [0.5, 0.6) is 0 Å². The van der Waals surface area contributed by atoms with E-state index < -0.39 is 0 Å². The molecule has 2 aromatic rings. The van der Waals surface area contributed by atoms with Crippen molar-refractivity contribution in [3.8, 4) is 11.1 Å². The summed E-state index contributed by atoms with van der Waals surface area (Å²) in [5, 5.41) is 0. The van der Waals surface area contributed by atoms with Crippen LogP contribution in [0.3, 0.4) is 0 Å². The van der Waals surface area contributed by atoms with E-state index in [2.05, 4.69) is 0 Å². The van der Waals surface area contributed by atoms with Crippen LogP contribution < -0.4 is 5.73 Å². The Morgan fingerprint density at radius 2 is 1.93 bits per heavy atom. The summed E-state index contributed by atoms with van der Waals surface area (Å²) in [5.41, 5.74) is 9.61. The molecule has 0 aliphatic heterocycles. The van der Waals surface area contributed by atoms with Gasteiger partial charge < -0.3 is 5.73 Å². The number of benzene rings is 1. The van der Waals surface area contributed by atoms with Crippen LogP contribution >= 0.6 is 34.5 Å². The molecule has 0 aliphatic carbocycles. The highest BCUT2D eigenvalue weighted by atomic mass is 35.5. The fraction of sp³-hybridized carbons (Fsp3) is 0.0909. The summed E-state index contributed by atoms with van der Waals surface area (Å²) in [4.78, 5) is 0. The van der Waals surface area contributed by atoms with E-state index in [0.717, 1.165) is 22.4 Å². The lowest BCUT2D eigenvalue weighted by atomic mass is 10.1. The Bertz CT molecular complexity index is 505. The number of rotatable bonds is 1. The molecule has 0 spiro atoms. The number of aryl methyl sites for hydroxylation is 1. The van der Waals surface area contributed by atoms with E-state index in [1.54, 1.807) is 0 Å². The lowest BCUT2D eigenvalue weighted by molar-refractivity contribution is 1.47. The van der Waals surface area contributed by atoms with Crippen molar-refractivity contribution >= 4 is 40.2 Å². The Kier molecular flexibility index (Phi) is 2.91. The summed E-state index contributed by atoms with van der Waals surface area (Å²) < 4.78 is 1.41. The maximum atomic E-state index is 6.07. The molecule has 0 saturated heterocycles. The third kappa shape index (κ3) is 2.12. The Morgan fingerprint density at radius 3 is 2.47 bits per heavy atom. The summed E-state index contributed by atoms with van der Waals surface area (Å²) in [5.74, 6) is 0. The van der Waals surface area contributed by atoms with Gasteiger partial charge in [-0.15, -0.1) is 11.3 Å². The summed E-state index contributed by atoms with van der Waals surface area (Å²) in [7, 11) is 0. The first-order valence-electron chi connectivity index (χ1n) is 4.39. The number of halogens is 2. The number of nitrogen functional groups attached to an aromatic ring is 1. The Labute approximate surface area is 102 Å². The first-order valence-corrected chi connectivity index (χ1v) is 5.96. The molecule has 2 rings (SSSR count). The number of nitrogens with two attached hydrogens (primary N) is 1. The van der Waals surface area contributed by atoms with Crippen LogP contribution in [0.4, 0.5) is 5.69 Å². The van der Waals surface area contributed by atoms with Gasteiger partial charge in [0, 0.05) is 11.3 Å². The fourth-order valence-corrected chi connectivity index (χ4v) is 2.89. The average molecular weight is 258 g/mol. The molecule has 4 heteroatoms. The molecule has 0 bridgehead atoms. The summed E-state index contributed by atoms with van der Waals surface area (Å²) in [6.45, 7) is 1.97. The number of hydrogen-bond donors (Lipinski definition) is 1. The molecule has 1 heterocycles. The topological polar surface area (TPSA) is 26.0 Å². The van der Waals surface area contributed by atoms with Crippen LogP contribution in [0.1, 0.15) is 5.56 Å². The van der Waals surface area contributed by atoms with Gasteiger partial charge in [0.05, 0.1) is 4.34 Å². The molecule has 15 heavy (non-hydrogen) atoms. The standard InChI is InChI=1S/C11H9Cl2NS/c1-6-4-7(2-3-9(6)14)8-5-10(12)15-11(8)13/h2-5H,14H2,1H3. The van der Waals surface area contributed by atoms with Gasteiger partial charge in [-0.05, 0) is 36.2 Å². The van der Waals surface area contributed by atoms with Crippen LogP contribution in [0.25, 0.3) is 11.1 Å². The second-order valence-electron chi connectivity index (χ2n) is 3.31. The average Bonchev–Trinajstić information content (AvgIpc) is 2.50. The minimum Gasteiger partial charge on any atom is -0.399 e. The van der Waals surface area contributed by atoms with Gasteiger partial charge >= 0.3 is 0 Å². The largest absolute Gasteiger partial charge is 0.399 e. The van der Waals surface area contributed by atoms with Crippen molar-refractivity contribution in [2.24, 2.45) is 0 Å². The van der Waals surface area contributed by atoms with E-state index in [0.29, 0.717) is 8.67 Å². The van der Waals surface area contributed by atoms with Crippen molar-refractivity contribution in [2.75, 3.05) is 5.73 Å². The third-order valence-electron chi connectivity index (χ3n) is 2.24. The monoisotopic (exact) mass is 257 g/mol. The van der Waals surface area contributed by atoms with E-state index >= 15 is 0 Å². The van der Waals surface area contributed by atoms with Crippen molar-refractivity contribution in [1.29, 1.82) is 0 Å². The molecule has 0 fully saturated rings. The number of hydrogen-bond acceptors (Lipinski definition) is 2. The number of thiophene rings is 1. The van der Waals surface area contributed by atoms with Crippen LogP contribution in [0.2, 0.25) is 8.67 Å². The van der Waals surface area contributed by atoms with E-state index in [1.807, 2.05) is 31.2 Å². The van der Waals surface area contributed by atoms with Gasteiger partial charge in [-0.2, -0.15) is 0 Å². The predicted molar refractivity (Wildman–Crippen MR) is 68.9 cm³/mol. The molecule has 1 nitrogen and oxygen atoms in total. The van der Waals surface area contributed by atoms with Gasteiger partial charge in [-0.1, -0.05) is 29.3 Å². The molecule has 2 N–H and O–H groups in total. The van der Waals surface area contributed by atoms with Crippen LogP contribution in [0, 0.1) is 6.92 Å². The van der Waals surface area contributed by atoms with Crippen molar-refractivity contribution in [2.45, 2.75) is 6.92 Å². The minimum absolute atomic E-state index is 0.699. The summed E-state index contributed by atoms with van der Waals surface area (Å²) >= 11 is 13.3. The molecule has 0 amide bonds. The quantitative estimate of drug-likeness (QED) is 0.742. The summed E-state index contributed by atoms with van der Waals surface area (Å²) in [6.07, 6.45) is 0. The Balaban J connectivity index is 2.54. The zero-order valence-electron chi connectivity index (χ0n) is 8.05. The molecule has 0 radical (unpaired) electrons. The Morgan fingerprint density at radius 1 is 1.20 bits per heavy atom. The van der Waals surface area contributed by atoms with Gasteiger partial charge in [0.1, 0.15) is 4.34 Å².